The molecule has 0 saturated carbocycles. The number of carbonyl (C=O) groups is 1. The zero-order valence-corrected chi connectivity index (χ0v) is 11.0. The molecule has 0 spiro atoms. The van der Waals surface area contributed by atoms with E-state index in [-0.39, 0.29) is 5.97 Å². The number of hydrogen-bond acceptors (Lipinski definition) is 3. The summed E-state index contributed by atoms with van der Waals surface area (Å²) >= 11 is 0. The second-order valence-corrected chi connectivity index (χ2v) is 4.21. The fraction of sp³-hybridized carbons (Fsp3) is 0.200. The predicted molar refractivity (Wildman–Crippen MR) is 73.5 cm³/mol. The first-order chi connectivity index (χ1) is 9.20. The average Bonchev–Trinajstić information content (AvgIpc) is 2.78. The van der Waals surface area contributed by atoms with Gasteiger partial charge in [-0.15, -0.1) is 0 Å². The number of aryl methyl sites for hydroxylation is 1. The number of hydrogen-bond donors (Lipinski definition) is 0. The fourth-order valence-corrected chi connectivity index (χ4v) is 1.83. The third kappa shape index (κ3) is 3.31. The molecule has 0 atom stereocenters. The standard InChI is InChI=1S/C15H16N2O2/c1-17-11-16-13(8-9-15(18)19-2)14(17)10-12-6-4-3-5-7-12/h3-9,11H,10H2,1-2H3/b9-8+. The molecule has 0 amide bonds. The van der Waals surface area contributed by atoms with Gasteiger partial charge in [-0.2, -0.15) is 0 Å². The Balaban J connectivity index is 2.23. The summed E-state index contributed by atoms with van der Waals surface area (Å²) < 4.78 is 6.54. The third-order valence-electron chi connectivity index (χ3n) is 2.88. The molecular formula is C15H16N2O2. The van der Waals surface area contributed by atoms with E-state index in [2.05, 4.69) is 21.9 Å². The van der Waals surface area contributed by atoms with Gasteiger partial charge in [-0.1, -0.05) is 30.3 Å². The van der Waals surface area contributed by atoms with Crippen molar-refractivity contribution in [1.82, 2.24) is 9.55 Å². The molecule has 2 rings (SSSR count). The Hall–Kier alpha value is -2.36. The first-order valence-corrected chi connectivity index (χ1v) is 6.01. The lowest BCUT2D eigenvalue weighted by Gasteiger charge is -2.04. The molecule has 0 aliphatic rings. The van der Waals surface area contributed by atoms with E-state index in [1.165, 1.54) is 18.7 Å². The lowest BCUT2D eigenvalue weighted by atomic mass is 10.1. The lowest BCUT2D eigenvalue weighted by molar-refractivity contribution is -0.134. The molecule has 0 radical (unpaired) electrons. The van der Waals surface area contributed by atoms with Crippen LogP contribution in [0.3, 0.4) is 0 Å². The van der Waals surface area contributed by atoms with E-state index in [0.29, 0.717) is 0 Å². The van der Waals surface area contributed by atoms with Crippen LogP contribution in [0.4, 0.5) is 0 Å². The van der Waals surface area contributed by atoms with Crippen LogP contribution in [0.2, 0.25) is 0 Å². The van der Waals surface area contributed by atoms with Crippen molar-refractivity contribution >= 4 is 12.0 Å². The Labute approximate surface area is 112 Å². The Kier molecular flexibility index (Phi) is 4.13. The van der Waals surface area contributed by atoms with Crippen LogP contribution in [-0.2, 0) is 23.0 Å². The first kappa shape index (κ1) is 13.1. The van der Waals surface area contributed by atoms with Gasteiger partial charge in [0.2, 0.25) is 0 Å². The van der Waals surface area contributed by atoms with E-state index in [1.807, 2.05) is 29.8 Å². The van der Waals surface area contributed by atoms with Crippen molar-refractivity contribution in [3.8, 4) is 0 Å². The highest BCUT2D eigenvalue weighted by Gasteiger charge is 2.07. The van der Waals surface area contributed by atoms with Gasteiger partial charge >= 0.3 is 5.97 Å². The smallest absolute Gasteiger partial charge is 0.330 e. The van der Waals surface area contributed by atoms with Gasteiger partial charge in [0.25, 0.3) is 0 Å². The van der Waals surface area contributed by atoms with Crippen molar-refractivity contribution in [3.05, 3.63) is 59.7 Å². The van der Waals surface area contributed by atoms with Gasteiger partial charge in [-0.25, -0.2) is 9.78 Å². The number of esters is 1. The van der Waals surface area contributed by atoms with E-state index >= 15 is 0 Å². The molecule has 0 fully saturated rings. The van der Waals surface area contributed by atoms with Gasteiger partial charge in [0, 0.05) is 25.2 Å². The van der Waals surface area contributed by atoms with Crippen LogP contribution in [0, 0.1) is 0 Å². The molecule has 19 heavy (non-hydrogen) atoms. The molecule has 0 unspecified atom stereocenters. The normalized spacial score (nSPS) is 10.8. The Bertz CT molecular complexity index is 585. The molecule has 1 aromatic carbocycles. The minimum atomic E-state index is -0.378. The molecule has 0 aliphatic carbocycles. The number of aromatic nitrogens is 2. The molecule has 0 bridgehead atoms. The van der Waals surface area contributed by atoms with Gasteiger partial charge in [-0.3, -0.25) is 0 Å². The maximum Gasteiger partial charge on any atom is 0.330 e. The molecule has 2 aromatic rings. The summed E-state index contributed by atoms with van der Waals surface area (Å²) in [6.45, 7) is 0. The van der Waals surface area contributed by atoms with Crippen molar-refractivity contribution in [3.63, 3.8) is 0 Å². The Morgan fingerprint density at radius 1 is 1.37 bits per heavy atom. The molecular weight excluding hydrogens is 240 g/mol. The number of nitrogens with zero attached hydrogens (tertiary/aromatic N) is 2. The number of carbonyl (C=O) groups excluding carboxylic acids is 1. The molecule has 4 heteroatoms. The van der Waals surface area contributed by atoms with E-state index in [9.17, 15) is 4.79 Å². The minimum Gasteiger partial charge on any atom is -0.466 e. The molecule has 0 aliphatic heterocycles. The largest absolute Gasteiger partial charge is 0.466 e. The second kappa shape index (κ2) is 6.00. The van der Waals surface area contributed by atoms with Gasteiger partial charge in [0.05, 0.1) is 19.1 Å². The quantitative estimate of drug-likeness (QED) is 0.622. The molecule has 4 nitrogen and oxygen atoms in total. The maximum atomic E-state index is 11.1. The molecule has 0 saturated heterocycles. The number of rotatable bonds is 4. The monoisotopic (exact) mass is 256 g/mol. The Morgan fingerprint density at radius 3 is 2.79 bits per heavy atom. The second-order valence-electron chi connectivity index (χ2n) is 4.21. The van der Waals surface area contributed by atoms with Crippen LogP contribution < -0.4 is 0 Å². The lowest BCUT2D eigenvalue weighted by Crippen LogP contribution is -1.99. The molecule has 1 heterocycles. The van der Waals surface area contributed by atoms with Gasteiger partial charge in [0.15, 0.2) is 0 Å². The zero-order chi connectivity index (χ0) is 13.7. The van der Waals surface area contributed by atoms with Crippen LogP contribution in [0.5, 0.6) is 0 Å². The summed E-state index contributed by atoms with van der Waals surface area (Å²) in [6.07, 6.45) is 5.59. The summed E-state index contributed by atoms with van der Waals surface area (Å²) in [4.78, 5) is 15.4. The van der Waals surface area contributed by atoms with Crippen LogP contribution >= 0.6 is 0 Å². The Morgan fingerprint density at radius 2 is 2.11 bits per heavy atom. The number of imidazole rings is 1. The van der Waals surface area contributed by atoms with Crippen LogP contribution in [0.15, 0.2) is 42.7 Å². The van der Waals surface area contributed by atoms with E-state index in [4.69, 9.17) is 0 Å². The fourth-order valence-electron chi connectivity index (χ4n) is 1.83. The van der Waals surface area contributed by atoms with Crippen molar-refractivity contribution in [2.24, 2.45) is 7.05 Å². The first-order valence-electron chi connectivity index (χ1n) is 6.01. The van der Waals surface area contributed by atoms with Gasteiger partial charge in [0.1, 0.15) is 0 Å². The van der Waals surface area contributed by atoms with Crippen molar-refractivity contribution in [1.29, 1.82) is 0 Å². The number of benzene rings is 1. The molecule has 98 valence electrons. The van der Waals surface area contributed by atoms with Crippen LogP contribution in [0.25, 0.3) is 6.08 Å². The highest BCUT2D eigenvalue weighted by Crippen LogP contribution is 2.14. The van der Waals surface area contributed by atoms with Crippen molar-refractivity contribution in [2.45, 2.75) is 6.42 Å². The number of methoxy groups -OCH3 is 1. The summed E-state index contributed by atoms with van der Waals surface area (Å²) in [5, 5.41) is 0. The SMILES string of the molecule is COC(=O)/C=C/c1ncn(C)c1Cc1ccccc1. The van der Waals surface area contributed by atoms with Crippen LogP contribution in [-0.4, -0.2) is 22.6 Å². The van der Waals surface area contributed by atoms with Crippen molar-refractivity contribution in [2.75, 3.05) is 7.11 Å². The summed E-state index contributed by atoms with van der Waals surface area (Å²) in [5.74, 6) is -0.378. The maximum absolute atomic E-state index is 11.1. The van der Waals surface area contributed by atoms with E-state index in [0.717, 1.165) is 17.8 Å². The zero-order valence-electron chi connectivity index (χ0n) is 11.0. The molecule has 0 N–H and O–H groups in total. The highest BCUT2D eigenvalue weighted by molar-refractivity contribution is 5.86. The summed E-state index contributed by atoms with van der Waals surface area (Å²) in [5.41, 5.74) is 3.06. The summed E-state index contributed by atoms with van der Waals surface area (Å²) in [6, 6.07) is 10.2. The topological polar surface area (TPSA) is 44.1 Å². The predicted octanol–water partition coefficient (Wildman–Crippen LogP) is 2.20. The van der Waals surface area contributed by atoms with Gasteiger partial charge < -0.3 is 9.30 Å². The summed E-state index contributed by atoms with van der Waals surface area (Å²) in [7, 11) is 3.30. The molecule has 1 aromatic heterocycles. The van der Waals surface area contributed by atoms with E-state index in [1.54, 1.807) is 12.4 Å². The van der Waals surface area contributed by atoms with Crippen molar-refractivity contribution < 1.29 is 9.53 Å². The minimum absolute atomic E-state index is 0.378. The number of ether oxygens (including phenoxy) is 1. The highest BCUT2D eigenvalue weighted by atomic mass is 16.5. The van der Waals surface area contributed by atoms with E-state index < -0.39 is 0 Å². The van der Waals surface area contributed by atoms with Crippen LogP contribution in [0.1, 0.15) is 17.0 Å². The van der Waals surface area contributed by atoms with Gasteiger partial charge in [-0.05, 0) is 11.6 Å². The average molecular weight is 256 g/mol. The third-order valence-corrected chi connectivity index (χ3v) is 2.88.